The highest BCUT2D eigenvalue weighted by Crippen LogP contribution is 2.30. The lowest BCUT2D eigenvalue weighted by Gasteiger charge is -2.31. The second-order valence-electron chi connectivity index (χ2n) is 5.44. The third kappa shape index (κ3) is 3.10. The molecule has 1 fully saturated rings. The molecule has 21 heavy (non-hydrogen) atoms. The first kappa shape index (κ1) is 14.1. The Morgan fingerprint density at radius 3 is 2.76 bits per heavy atom. The van der Waals surface area contributed by atoms with Crippen LogP contribution >= 0.6 is 11.3 Å². The molecule has 0 spiro atoms. The highest BCUT2D eigenvalue weighted by molar-refractivity contribution is 7.11. The Labute approximate surface area is 128 Å². The van der Waals surface area contributed by atoms with E-state index in [9.17, 15) is 4.79 Å². The van der Waals surface area contributed by atoms with Crippen LogP contribution in [-0.2, 0) is 0 Å². The van der Waals surface area contributed by atoms with Crippen molar-refractivity contribution in [3.63, 3.8) is 0 Å². The van der Waals surface area contributed by atoms with Crippen LogP contribution in [0.5, 0.6) is 0 Å². The van der Waals surface area contributed by atoms with Gasteiger partial charge in [0.15, 0.2) is 0 Å². The van der Waals surface area contributed by atoms with E-state index in [1.165, 1.54) is 4.88 Å². The van der Waals surface area contributed by atoms with E-state index in [1.807, 2.05) is 18.0 Å². The van der Waals surface area contributed by atoms with Crippen LogP contribution in [0.3, 0.4) is 0 Å². The summed E-state index contributed by atoms with van der Waals surface area (Å²) >= 11 is 1.73. The number of likely N-dealkylation sites (tertiary alicyclic amines) is 1. The van der Waals surface area contributed by atoms with Crippen LogP contribution < -0.4 is 0 Å². The third-order valence-electron chi connectivity index (χ3n) is 3.70. The van der Waals surface area contributed by atoms with E-state index in [0.717, 1.165) is 36.6 Å². The molecule has 3 rings (SSSR count). The fraction of sp³-hybridized carbons (Fsp3) is 0.467. The molecule has 1 aliphatic heterocycles. The number of thiazole rings is 1. The molecule has 1 saturated heterocycles. The number of rotatable bonds is 2. The number of aryl methyl sites for hydroxylation is 2. The molecule has 2 aromatic rings. The summed E-state index contributed by atoms with van der Waals surface area (Å²) in [6, 6.07) is 0. The molecular weight excluding hydrogens is 284 g/mol. The number of aromatic nitrogens is 3. The lowest BCUT2D eigenvalue weighted by molar-refractivity contribution is 0.0700. The zero-order chi connectivity index (χ0) is 14.8. The van der Waals surface area contributed by atoms with Crippen molar-refractivity contribution in [2.75, 3.05) is 13.1 Å². The monoisotopic (exact) mass is 302 g/mol. The number of hydrogen-bond donors (Lipinski definition) is 0. The van der Waals surface area contributed by atoms with Crippen LogP contribution in [-0.4, -0.2) is 38.8 Å². The van der Waals surface area contributed by atoms with E-state index < -0.39 is 0 Å². The van der Waals surface area contributed by atoms with Crippen molar-refractivity contribution in [2.24, 2.45) is 0 Å². The molecule has 1 unspecified atom stereocenters. The Hall–Kier alpha value is -1.82. The molecule has 0 aromatic carbocycles. The first-order chi connectivity index (χ1) is 10.1. The second kappa shape index (κ2) is 5.89. The van der Waals surface area contributed by atoms with Crippen molar-refractivity contribution < 1.29 is 4.79 Å². The van der Waals surface area contributed by atoms with E-state index >= 15 is 0 Å². The highest BCUT2D eigenvalue weighted by Gasteiger charge is 2.27. The Morgan fingerprint density at radius 2 is 2.10 bits per heavy atom. The second-order valence-corrected chi connectivity index (χ2v) is 6.71. The largest absolute Gasteiger partial charge is 0.337 e. The molecule has 0 radical (unpaired) electrons. The van der Waals surface area contributed by atoms with E-state index in [0.29, 0.717) is 11.6 Å². The SMILES string of the molecule is Cc1cnc(C(=O)N2CCCC(c3ncc(C)s3)C2)cn1. The molecule has 0 saturated carbocycles. The van der Waals surface area contributed by atoms with Gasteiger partial charge in [-0.15, -0.1) is 11.3 Å². The minimum Gasteiger partial charge on any atom is -0.337 e. The minimum absolute atomic E-state index is 0.0273. The molecule has 6 heteroatoms. The van der Waals surface area contributed by atoms with Gasteiger partial charge in [0.25, 0.3) is 5.91 Å². The first-order valence-electron chi connectivity index (χ1n) is 7.14. The van der Waals surface area contributed by atoms with Gasteiger partial charge in [0.1, 0.15) is 5.69 Å². The van der Waals surface area contributed by atoms with Crippen molar-refractivity contribution in [3.05, 3.63) is 39.9 Å². The minimum atomic E-state index is -0.0273. The highest BCUT2D eigenvalue weighted by atomic mass is 32.1. The van der Waals surface area contributed by atoms with Crippen molar-refractivity contribution in [2.45, 2.75) is 32.6 Å². The van der Waals surface area contributed by atoms with Crippen molar-refractivity contribution in [1.29, 1.82) is 0 Å². The number of amides is 1. The van der Waals surface area contributed by atoms with Crippen molar-refractivity contribution in [1.82, 2.24) is 19.9 Å². The van der Waals surface area contributed by atoms with Gasteiger partial charge in [0, 0.05) is 36.3 Å². The van der Waals surface area contributed by atoms with Gasteiger partial charge in [-0.3, -0.25) is 9.78 Å². The predicted octanol–water partition coefficient (Wildman–Crippen LogP) is 2.57. The Morgan fingerprint density at radius 1 is 1.24 bits per heavy atom. The molecule has 1 amide bonds. The van der Waals surface area contributed by atoms with Gasteiger partial charge in [0.05, 0.1) is 16.9 Å². The van der Waals surface area contributed by atoms with Crippen LogP contribution in [0.25, 0.3) is 0 Å². The topological polar surface area (TPSA) is 59.0 Å². The number of carbonyl (C=O) groups is 1. The fourth-order valence-electron chi connectivity index (χ4n) is 2.59. The summed E-state index contributed by atoms with van der Waals surface area (Å²) in [5, 5.41) is 1.14. The van der Waals surface area contributed by atoms with E-state index in [1.54, 1.807) is 23.7 Å². The van der Waals surface area contributed by atoms with Crippen LogP contribution in [0, 0.1) is 13.8 Å². The van der Waals surface area contributed by atoms with Gasteiger partial charge in [-0.1, -0.05) is 0 Å². The van der Waals surface area contributed by atoms with Gasteiger partial charge >= 0.3 is 0 Å². The summed E-state index contributed by atoms with van der Waals surface area (Å²) in [5.74, 6) is 0.320. The van der Waals surface area contributed by atoms with Gasteiger partial charge in [-0.25, -0.2) is 9.97 Å². The Bertz CT molecular complexity index is 637. The number of nitrogens with zero attached hydrogens (tertiary/aromatic N) is 4. The first-order valence-corrected chi connectivity index (χ1v) is 7.95. The molecule has 110 valence electrons. The lowest BCUT2D eigenvalue weighted by Crippen LogP contribution is -2.39. The molecule has 1 aliphatic rings. The molecule has 0 N–H and O–H groups in total. The molecular formula is C15H18N4OS. The molecule has 0 aliphatic carbocycles. The van der Waals surface area contributed by atoms with E-state index in [-0.39, 0.29) is 5.91 Å². The summed E-state index contributed by atoms with van der Waals surface area (Å²) in [5.41, 5.74) is 1.25. The van der Waals surface area contributed by atoms with Gasteiger partial charge in [0.2, 0.25) is 0 Å². The number of piperidine rings is 1. The van der Waals surface area contributed by atoms with Crippen LogP contribution in [0.1, 0.15) is 44.8 Å². The predicted molar refractivity (Wildman–Crippen MR) is 81.5 cm³/mol. The molecule has 3 heterocycles. The van der Waals surface area contributed by atoms with Crippen molar-refractivity contribution >= 4 is 17.2 Å². The average Bonchev–Trinajstić information content (AvgIpc) is 2.94. The summed E-state index contributed by atoms with van der Waals surface area (Å²) < 4.78 is 0. The van der Waals surface area contributed by atoms with E-state index in [2.05, 4.69) is 21.9 Å². The summed E-state index contributed by atoms with van der Waals surface area (Å²) in [7, 11) is 0. The lowest BCUT2D eigenvalue weighted by atomic mass is 9.98. The third-order valence-corrected chi connectivity index (χ3v) is 4.77. The summed E-state index contributed by atoms with van der Waals surface area (Å²) in [4.78, 5) is 28.4. The maximum atomic E-state index is 12.5. The molecule has 0 bridgehead atoms. The van der Waals surface area contributed by atoms with E-state index in [4.69, 9.17) is 0 Å². The van der Waals surface area contributed by atoms with Crippen LogP contribution in [0.15, 0.2) is 18.6 Å². The Kier molecular flexibility index (Phi) is 3.96. The normalized spacial score (nSPS) is 18.8. The maximum Gasteiger partial charge on any atom is 0.274 e. The number of hydrogen-bond acceptors (Lipinski definition) is 5. The smallest absolute Gasteiger partial charge is 0.274 e. The Balaban J connectivity index is 1.73. The number of carbonyl (C=O) groups excluding carboxylic acids is 1. The quantitative estimate of drug-likeness (QED) is 0.855. The van der Waals surface area contributed by atoms with Gasteiger partial charge in [-0.2, -0.15) is 0 Å². The average molecular weight is 302 g/mol. The fourth-order valence-corrected chi connectivity index (χ4v) is 3.49. The maximum absolute atomic E-state index is 12.5. The molecule has 5 nitrogen and oxygen atoms in total. The van der Waals surface area contributed by atoms with Crippen LogP contribution in [0.4, 0.5) is 0 Å². The van der Waals surface area contributed by atoms with Gasteiger partial charge in [-0.05, 0) is 26.7 Å². The molecule has 2 aromatic heterocycles. The zero-order valence-electron chi connectivity index (χ0n) is 12.2. The van der Waals surface area contributed by atoms with Crippen molar-refractivity contribution in [3.8, 4) is 0 Å². The molecule has 1 atom stereocenters. The summed E-state index contributed by atoms with van der Waals surface area (Å²) in [6.45, 7) is 5.44. The zero-order valence-corrected chi connectivity index (χ0v) is 13.1. The van der Waals surface area contributed by atoms with Crippen LogP contribution in [0.2, 0.25) is 0 Å². The summed E-state index contributed by atoms with van der Waals surface area (Å²) in [6.07, 6.45) is 7.21. The van der Waals surface area contributed by atoms with Gasteiger partial charge < -0.3 is 4.90 Å². The standard InChI is InChI=1S/C15H18N4OS/c1-10-6-17-13(8-16-10)15(20)19-5-3-4-12(9-19)14-18-7-11(2)21-14/h6-8,12H,3-5,9H2,1-2H3.